The fraction of sp³-hybridized carbons (Fsp3) is 0.737. The molecule has 0 amide bonds. The van der Waals surface area contributed by atoms with Gasteiger partial charge in [0.2, 0.25) is 0 Å². The number of hydrogen-bond acceptors (Lipinski definition) is 6. The standard InChI is InChI=1S/C19H35N3O2S/c1-8-20-15-25-19(6,23-7)16(4)18(21(9-2)10-3)17(5)22-11-13-24-14-12-22/h9,15,17H,2,8,10-14H2,1,3-7H3/b18-16-,20-15-. The average molecular weight is 370 g/mol. The first-order valence-corrected chi connectivity index (χ1v) is 9.96. The Labute approximate surface area is 158 Å². The predicted octanol–water partition coefficient (Wildman–Crippen LogP) is 3.59. The van der Waals surface area contributed by atoms with Crippen molar-refractivity contribution in [2.45, 2.75) is 45.6 Å². The molecule has 2 unspecified atom stereocenters. The summed E-state index contributed by atoms with van der Waals surface area (Å²) in [5.41, 5.74) is 4.35. The molecule has 0 saturated carbocycles. The molecule has 25 heavy (non-hydrogen) atoms. The lowest BCUT2D eigenvalue weighted by Gasteiger charge is -2.40. The van der Waals surface area contributed by atoms with Crippen LogP contribution < -0.4 is 0 Å². The molecule has 1 aliphatic heterocycles. The molecule has 0 aromatic rings. The molecule has 0 bridgehead atoms. The third-order valence-electron chi connectivity index (χ3n) is 4.85. The van der Waals surface area contributed by atoms with Gasteiger partial charge in [0.25, 0.3) is 0 Å². The van der Waals surface area contributed by atoms with Gasteiger partial charge in [-0.25, -0.2) is 0 Å². The summed E-state index contributed by atoms with van der Waals surface area (Å²) in [6.07, 6.45) is 1.91. The maximum atomic E-state index is 5.91. The van der Waals surface area contributed by atoms with E-state index >= 15 is 0 Å². The van der Waals surface area contributed by atoms with Crippen molar-refractivity contribution in [3.8, 4) is 0 Å². The summed E-state index contributed by atoms with van der Waals surface area (Å²) >= 11 is 1.61. The lowest BCUT2D eigenvalue weighted by Crippen LogP contribution is -2.46. The van der Waals surface area contributed by atoms with Gasteiger partial charge in [-0.05, 0) is 46.4 Å². The Hall–Kier alpha value is -0.820. The first-order valence-electron chi connectivity index (χ1n) is 9.08. The van der Waals surface area contributed by atoms with Gasteiger partial charge in [0.15, 0.2) is 0 Å². The molecule has 0 spiro atoms. The van der Waals surface area contributed by atoms with Crippen molar-refractivity contribution in [1.82, 2.24) is 9.80 Å². The molecule has 2 atom stereocenters. The lowest BCUT2D eigenvalue weighted by atomic mass is 10.0. The number of morpholine rings is 1. The zero-order chi connectivity index (χ0) is 18.9. The van der Waals surface area contributed by atoms with E-state index in [-0.39, 0.29) is 6.04 Å². The summed E-state index contributed by atoms with van der Waals surface area (Å²) in [5.74, 6) is 0. The molecule has 1 saturated heterocycles. The van der Waals surface area contributed by atoms with E-state index in [1.54, 1.807) is 18.9 Å². The zero-order valence-corrected chi connectivity index (χ0v) is 17.6. The lowest BCUT2D eigenvalue weighted by molar-refractivity contribution is 0.0220. The molecule has 1 heterocycles. The Morgan fingerprint density at radius 1 is 1.44 bits per heavy atom. The Balaban J connectivity index is 3.27. The van der Waals surface area contributed by atoms with Crippen LogP contribution in [-0.2, 0) is 9.47 Å². The van der Waals surface area contributed by atoms with E-state index in [1.807, 2.05) is 18.7 Å². The molecule has 0 aromatic heterocycles. The van der Waals surface area contributed by atoms with Crippen LogP contribution in [0.25, 0.3) is 0 Å². The normalized spacial score (nSPS) is 20.9. The fourth-order valence-corrected chi connectivity index (χ4v) is 3.84. The fourth-order valence-electron chi connectivity index (χ4n) is 3.04. The van der Waals surface area contributed by atoms with E-state index in [2.05, 4.69) is 49.1 Å². The van der Waals surface area contributed by atoms with Crippen molar-refractivity contribution in [1.29, 1.82) is 0 Å². The van der Waals surface area contributed by atoms with Crippen molar-refractivity contribution < 1.29 is 9.47 Å². The largest absolute Gasteiger partial charge is 0.379 e. The number of nitrogens with zero attached hydrogens (tertiary/aromatic N) is 3. The number of thioether (sulfide) groups is 1. The quantitative estimate of drug-likeness (QED) is 0.334. The van der Waals surface area contributed by atoms with E-state index in [4.69, 9.17) is 9.47 Å². The van der Waals surface area contributed by atoms with Crippen molar-refractivity contribution in [3.05, 3.63) is 24.0 Å². The number of hydrogen-bond donors (Lipinski definition) is 0. The Bertz CT molecular complexity index is 475. The van der Waals surface area contributed by atoms with E-state index in [1.165, 1.54) is 11.3 Å². The third kappa shape index (κ3) is 5.84. The smallest absolute Gasteiger partial charge is 0.139 e. The van der Waals surface area contributed by atoms with Crippen LogP contribution in [-0.4, -0.2) is 72.8 Å². The van der Waals surface area contributed by atoms with Gasteiger partial charge in [0.1, 0.15) is 4.93 Å². The van der Waals surface area contributed by atoms with Crippen LogP contribution in [0.2, 0.25) is 0 Å². The topological polar surface area (TPSA) is 37.3 Å². The molecule has 0 radical (unpaired) electrons. The van der Waals surface area contributed by atoms with E-state index in [0.29, 0.717) is 0 Å². The minimum atomic E-state index is -0.467. The molecule has 5 nitrogen and oxygen atoms in total. The average Bonchev–Trinajstić information content (AvgIpc) is 2.65. The van der Waals surface area contributed by atoms with Gasteiger partial charge in [0.05, 0.1) is 18.8 Å². The number of aliphatic imine (C=N–C) groups is 1. The summed E-state index contributed by atoms with van der Waals surface area (Å²) in [4.78, 5) is 8.57. The van der Waals surface area contributed by atoms with Crippen LogP contribution in [0.5, 0.6) is 0 Å². The molecule has 1 rings (SSSR count). The van der Waals surface area contributed by atoms with Gasteiger partial charge in [-0.15, -0.1) is 0 Å². The molecule has 1 fully saturated rings. The Kier molecular flexibility index (Phi) is 9.79. The molecule has 0 N–H and O–H groups in total. The molecule has 144 valence electrons. The monoisotopic (exact) mass is 369 g/mol. The van der Waals surface area contributed by atoms with Gasteiger partial charge < -0.3 is 14.4 Å². The summed E-state index contributed by atoms with van der Waals surface area (Å²) in [7, 11) is 1.76. The zero-order valence-electron chi connectivity index (χ0n) is 16.7. The van der Waals surface area contributed by atoms with Crippen LogP contribution in [0, 0.1) is 0 Å². The van der Waals surface area contributed by atoms with Crippen LogP contribution in [0.3, 0.4) is 0 Å². The highest BCUT2D eigenvalue weighted by Crippen LogP contribution is 2.36. The van der Waals surface area contributed by atoms with Gasteiger partial charge in [-0.2, -0.15) is 0 Å². The van der Waals surface area contributed by atoms with Gasteiger partial charge in [0, 0.05) is 45.0 Å². The molecular weight excluding hydrogens is 334 g/mol. The number of ether oxygens (including phenoxy) is 2. The van der Waals surface area contributed by atoms with Crippen molar-refractivity contribution in [2.24, 2.45) is 4.99 Å². The maximum absolute atomic E-state index is 5.91. The van der Waals surface area contributed by atoms with Crippen LogP contribution in [0.15, 0.2) is 29.0 Å². The summed E-state index contributed by atoms with van der Waals surface area (Å²) in [6, 6.07) is 0.264. The number of methoxy groups -OCH3 is 1. The van der Waals surface area contributed by atoms with Crippen LogP contribution in [0.1, 0.15) is 34.6 Å². The second-order valence-electron chi connectivity index (χ2n) is 6.18. The highest BCUT2D eigenvalue weighted by Gasteiger charge is 2.33. The minimum Gasteiger partial charge on any atom is -0.379 e. The number of rotatable bonds is 10. The van der Waals surface area contributed by atoms with E-state index in [9.17, 15) is 0 Å². The molecule has 6 heteroatoms. The maximum Gasteiger partial charge on any atom is 0.139 e. The highest BCUT2D eigenvalue weighted by molar-refractivity contribution is 8.13. The summed E-state index contributed by atoms with van der Waals surface area (Å²) < 4.78 is 11.4. The van der Waals surface area contributed by atoms with E-state index in [0.717, 1.165) is 39.4 Å². The first kappa shape index (κ1) is 22.2. The van der Waals surface area contributed by atoms with Crippen molar-refractivity contribution in [2.75, 3.05) is 46.5 Å². The second-order valence-corrected chi connectivity index (χ2v) is 7.40. The van der Waals surface area contributed by atoms with Crippen molar-refractivity contribution in [3.63, 3.8) is 0 Å². The summed E-state index contributed by atoms with van der Waals surface area (Å²) in [5, 5.41) is 0. The minimum absolute atomic E-state index is 0.264. The molecular formula is C19H35N3O2S. The Morgan fingerprint density at radius 3 is 2.56 bits per heavy atom. The van der Waals surface area contributed by atoms with Gasteiger partial charge in [-0.3, -0.25) is 9.89 Å². The van der Waals surface area contributed by atoms with Gasteiger partial charge >= 0.3 is 0 Å². The molecule has 0 aliphatic carbocycles. The van der Waals surface area contributed by atoms with Crippen molar-refractivity contribution >= 4 is 17.3 Å². The van der Waals surface area contributed by atoms with Crippen LogP contribution in [0.4, 0.5) is 0 Å². The molecule has 0 aromatic carbocycles. The summed E-state index contributed by atoms with van der Waals surface area (Å²) in [6.45, 7) is 19.9. The van der Waals surface area contributed by atoms with E-state index < -0.39 is 4.93 Å². The third-order valence-corrected chi connectivity index (χ3v) is 6.03. The first-order chi connectivity index (χ1) is 11.9. The van der Waals surface area contributed by atoms with Gasteiger partial charge in [-0.1, -0.05) is 18.3 Å². The molecule has 1 aliphatic rings. The number of likely N-dealkylation sites (N-methyl/N-ethyl adjacent to an activating group) is 1. The second kappa shape index (κ2) is 11.0. The Morgan fingerprint density at radius 2 is 2.08 bits per heavy atom. The SMILES string of the molecule is C=CN(CC)/C(=C(/C)C(C)(OC)S/C=N\CC)C(C)N1CCOCC1. The highest BCUT2D eigenvalue weighted by atomic mass is 32.2. The predicted molar refractivity (Wildman–Crippen MR) is 109 cm³/mol. The van der Waals surface area contributed by atoms with Crippen LogP contribution >= 0.6 is 11.8 Å².